The van der Waals surface area contributed by atoms with Gasteiger partial charge < -0.3 is 18.9 Å². The minimum atomic E-state index is 0.206. The van der Waals surface area contributed by atoms with Crippen LogP contribution in [0.4, 0.5) is 0 Å². The molecule has 0 aliphatic heterocycles. The smallest absolute Gasteiger partial charge is 0.320 e. The maximum atomic E-state index is 5.75. The van der Waals surface area contributed by atoms with Gasteiger partial charge in [-0.15, -0.1) is 0 Å². The van der Waals surface area contributed by atoms with Crippen LogP contribution < -0.4 is 18.9 Å². The lowest BCUT2D eigenvalue weighted by Crippen LogP contribution is -2.01. The molecule has 3 aromatic rings. The summed E-state index contributed by atoms with van der Waals surface area (Å²) in [6.07, 6.45) is 3.27. The van der Waals surface area contributed by atoms with Crippen molar-refractivity contribution in [2.75, 3.05) is 14.2 Å². The Labute approximate surface area is 145 Å². The molecular formula is C18H17N3O4. The predicted octanol–water partition coefficient (Wildman–Crippen LogP) is 3.26. The van der Waals surface area contributed by atoms with Crippen LogP contribution in [0.5, 0.6) is 29.1 Å². The van der Waals surface area contributed by atoms with Gasteiger partial charge in [0.15, 0.2) is 0 Å². The summed E-state index contributed by atoms with van der Waals surface area (Å²) in [5.41, 5.74) is 0.787. The molecule has 0 saturated carbocycles. The lowest BCUT2D eigenvalue weighted by Gasteiger charge is -2.10. The van der Waals surface area contributed by atoms with Crippen LogP contribution in [-0.4, -0.2) is 29.2 Å². The molecule has 7 nitrogen and oxygen atoms in total. The summed E-state index contributed by atoms with van der Waals surface area (Å²) in [5, 5.41) is 0. The zero-order valence-corrected chi connectivity index (χ0v) is 13.9. The number of nitrogens with zero attached hydrogens (tertiary/aromatic N) is 3. The molecule has 128 valence electrons. The summed E-state index contributed by atoms with van der Waals surface area (Å²) in [5.74, 6) is 2.12. The number of benzene rings is 1. The fraction of sp³-hybridized carbons (Fsp3) is 0.167. The van der Waals surface area contributed by atoms with Crippen LogP contribution in [-0.2, 0) is 6.61 Å². The zero-order valence-electron chi connectivity index (χ0n) is 13.9. The standard InChI is InChI=1S/C18H17N3O4/c1-22-14-9-15(23-2)11-16(10-14)25-17-6-8-20-18(21-17)24-12-13-5-3-4-7-19-13/h3-11H,12H2,1-2H3. The summed E-state index contributed by atoms with van der Waals surface area (Å²) in [6, 6.07) is 12.7. The summed E-state index contributed by atoms with van der Waals surface area (Å²) in [4.78, 5) is 12.5. The van der Waals surface area contributed by atoms with Crippen molar-refractivity contribution in [3.05, 3.63) is 60.6 Å². The van der Waals surface area contributed by atoms with Crippen LogP contribution in [0.2, 0.25) is 0 Å². The second kappa shape index (κ2) is 7.96. The minimum Gasteiger partial charge on any atom is -0.496 e. The fourth-order valence-electron chi connectivity index (χ4n) is 2.03. The maximum Gasteiger partial charge on any atom is 0.320 e. The van der Waals surface area contributed by atoms with E-state index in [0.717, 1.165) is 5.69 Å². The Morgan fingerprint density at radius 1 is 0.840 bits per heavy atom. The maximum absolute atomic E-state index is 5.75. The van der Waals surface area contributed by atoms with Gasteiger partial charge in [-0.2, -0.15) is 4.98 Å². The van der Waals surface area contributed by atoms with Gasteiger partial charge in [-0.3, -0.25) is 4.98 Å². The van der Waals surface area contributed by atoms with Gasteiger partial charge in [0.25, 0.3) is 0 Å². The van der Waals surface area contributed by atoms with Gasteiger partial charge in [0, 0.05) is 36.7 Å². The SMILES string of the molecule is COc1cc(OC)cc(Oc2ccnc(OCc3ccccn3)n2)c1. The van der Waals surface area contributed by atoms with E-state index in [2.05, 4.69) is 15.0 Å². The highest BCUT2D eigenvalue weighted by atomic mass is 16.5. The molecule has 0 N–H and O–H groups in total. The number of hydrogen-bond acceptors (Lipinski definition) is 7. The Bertz CT molecular complexity index is 805. The molecule has 2 aromatic heterocycles. The second-order valence-electron chi connectivity index (χ2n) is 4.94. The molecule has 25 heavy (non-hydrogen) atoms. The molecule has 0 unspecified atom stereocenters. The third-order valence-corrected chi connectivity index (χ3v) is 3.23. The molecule has 0 aliphatic carbocycles. The Hall–Kier alpha value is -3.35. The minimum absolute atomic E-state index is 0.206. The van der Waals surface area contributed by atoms with Gasteiger partial charge in [0.1, 0.15) is 23.9 Å². The van der Waals surface area contributed by atoms with E-state index >= 15 is 0 Å². The van der Waals surface area contributed by atoms with E-state index in [0.29, 0.717) is 23.1 Å². The topological polar surface area (TPSA) is 75.6 Å². The van der Waals surface area contributed by atoms with Gasteiger partial charge in [0.05, 0.1) is 19.9 Å². The number of ether oxygens (including phenoxy) is 4. The van der Waals surface area contributed by atoms with Gasteiger partial charge >= 0.3 is 6.01 Å². The number of aromatic nitrogens is 3. The molecule has 0 spiro atoms. The average Bonchev–Trinajstić information content (AvgIpc) is 2.67. The van der Waals surface area contributed by atoms with E-state index < -0.39 is 0 Å². The van der Waals surface area contributed by atoms with Crippen molar-refractivity contribution >= 4 is 0 Å². The third kappa shape index (κ3) is 4.57. The first-order valence-electron chi connectivity index (χ1n) is 7.53. The Kier molecular flexibility index (Phi) is 5.26. The van der Waals surface area contributed by atoms with E-state index in [1.807, 2.05) is 18.2 Å². The first-order chi connectivity index (χ1) is 12.3. The highest BCUT2D eigenvalue weighted by Crippen LogP contribution is 2.30. The molecule has 0 fully saturated rings. The van der Waals surface area contributed by atoms with Gasteiger partial charge in [-0.05, 0) is 12.1 Å². The highest BCUT2D eigenvalue weighted by molar-refractivity contribution is 5.43. The van der Waals surface area contributed by atoms with E-state index in [9.17, 15) is 0 Å². The summed E-state index contributed by atoms with van der Waals surface area (Å²) in [6.45, 7) is 0.275. The summed E-state index contributed by atoms with van der Waals surface area (Å²) < 4.78 is 21.7. The normalized spacial score (nSPS) is 10.2. The van der Waals surface area contributed by atoms with Gasteiger partial charge in [-0.25, -0.2) is 4.98 Å². The molecule has 0 atom stereocenters. The van der Waals surface area contributed by atoms with E-state index in [1.165, 1.54) is 0 Å². The quantitative estimate of drug-likeness (QED) is 0.654. The summed E-state index contributed by atoms with van der Waals surface area (Å²) in [7, 11) is 3.15. The first kappa shape index (κ1) is 16.5. The zero-order chi connectivity index (χ0) is 17.5. The number of rotatable bonds is 7. The Morgan fingerprint density at radius 2 is 1.60 bits per heavy atom. The van der Waals surface area contributed by atoms with Crippen molar-refractivity contribution < 1.29 is 18.9 Å². The molecule has 0 radical (unpaired) electrons. The Balaban J connectivity index is 1.71. The fourth-order valence-corrected chi connectivity index (χ4v) is 2.03. The lowest BCUT2D eigenvalue weighted by molar-refractivity contribution is 0.272. The molecule has 0 saturated heterocycles. The van der Waals surface area contributed by atoms with Gasteiger partial charge in [0.2, 0.25) is 5.88 Å². The number of methoxy groups -OCH3 is 2. The van der Waals surface area contributed by atoms with E-state index in [4.69, 9.17) is 18.9 Å². The molecule has 0 amide bonds. The van der Waals surface area contributed by atoms with Crippen molar-refractivity contribution in [3.63, 3.8) is 0 Å². The molecule has 0 bridgehead atoms. The van der Waals surface area contributed by atoms with Crippen LogP contribution >= 0.6 is 0 Å². The third-order valence-electron chi connectivity index (χ3n) is 3.23. The first-order valence-corrected chi connectivity index (χ1v) is 7.53. The van der Waals surface area contributed by atoms with Crippen LogP contribution in [0.25, 0.3) is 0 Å². The molecule has 3 rings (SSSR count). The monoisotopic (exact) mass is 339 g/mol. The van der Waals surface area contributed by atoms with Crippen molar-refractivity contribution in [3.8, 4) is 29.1 Å². The number of hydrogen-bond donors (Lipinski definition) is 0. The number of pyridine rings is 1. The van der Waals surface area contributed by atoms with Crippen molar-refractivity contribution in [2.24, 2.45) is 0 Å². The lowest BCUT2D eigenvalue weighted by atomic mass is 10.3. The van der Waals surface area contributed by atoms with E-state index in [-0.39, 0.29) is 12.6 Å². The molecule has 2 heterocycles. The summed E-state index contributed by atoms with van der Waals surface area (Å²) >= 11 is 0. The van der Waals surface area contributed by atoms with Crippen LogP contribution in [0, 0.1) is 0 Å². The van der Waals surface area contributed by atoms with E-state index in [1.54, 1.807) is 50.9 Å². The Morgan fingerprint density at radius 3 is 2.28 bits per heavy atom. The van der Waals surface area contributed by atoms with Crippen LogP contribution in [0.15, 0.2) is 54.9 Å². The molecule has 0 aliphatic rings. The highest BCUT2D eigenvalue weighted by Gasteiger charge is 2.07. The van der Waals surface area contributed by atoms with Crippen molar-refractivity contribution in [1.82, 2.24) is 15.0 Å². The van der Waals surface area contributed by atoms with Crippen molar-refractivity contribution in [1.29, 1.82) is 0 Å². The second-order valence-corrected chi connectivity index (χ2v) is 4.94. The predicted molar refractivity (Wildman–Crippen MR) is 90.2 cm³/mol. The molecule has 7 heteroatoms. The molecule has 1 aromatic carbocycles. The van der Waals surface area contributed by atoms with Crippen molar-refractivity contribution in [2.45, 2.75) is 6.61 Å². The largest absolute Gasteiger partial charge is 0.496 e. The van der Waals surface area contributed by atoms with Crippen LogP contribution in [0.3, 0.4) is 0 Å². The molecular weight excluding hydrogens is 322 g/mol. The van der Waals surface area contributed by atoms with Crippen LogP contribution in [0.1, 0.15) is 5.69 Å². The van der Waals surface area contributed by atoms with Gasteiger partial charge in [-0.1, -0.05) is 6.07 Å². The average molecular weight is 339 g/mol.